The summed E-state index contributed by atoms with van der Waals surface area (Å²) in [5, 5.41) is 8.81. The number of nitriles is 1. The molecule has 0 atom stereocenters. The summed E-state index contributed by atoms with van der Waals surface area (Å²) in [6, 6.07) is 3.00. The van der Waals surface area contributed by atoms with Gasteiger partial charge in [0, 0.05) is 4.47 Å². The van der Waals surface area contributed by atoms with E-state index in [0.717, 1.165) is 0 Å². The van der Waals surface area contributed by atoms with Gasteiger partial charge in [-0.2, -0.15) is 5.26 Å². The summed E-state index contributed by atoms with van der Waals surface area (Å²) in [7, 11) is 1.17. The van der Waals surface area contributed by atoms with E-state index in [9.17, 15) is 13.6 Å². The van der Waals surface area contributed by atoms with Crippen molar-refractivity contribution in [3.05, 3.63) is 27.5 Å². The number of carbonyl (C=O) groups excluding carboxylic acids is 1. The maximum absolute atomic E-state index is 12.6. The number of hydrogen-bond donors (Lipinski definition) is 0. The highest BCUT2D eigenvalue weighted by Gasteiger charge is 2.19. The molecule has 1 aromatic heterocycles. The average Bonchev–Trinajstić information content (AvgIpc) is 2.30. The Hall–Kier alpha value is -1.55. The predicted molar refractivity (Wildman–Crippen MR) is 57.3 cm³/mol. The molecule has 0 fully saturated rings. The average molecular weight is 305 g/mol. The summed E-state index contributed by atoms with van der Waals surface area (Å²) in [4.78, 5) is 14.7. The van der Waals surface area contributed by atoms with Gasteiger partial charge in [0.1, 0.15) is 11.8 Å². The number of pyridine rings is 1. The molecular weight excluding hydrogens is 298 g/mol. The van der Waals surface area contributed by atoms with Gasteiger partial charge in [0.05, 0.1) is 24.8 Å². The van der Waals surface area contributed by atoms with E-state index >= 15 is 0 Å². The zero-order valence-electron chi connectivity index (χ0n) is 8.71. The molecule has 0 aliphatic rings. The number of rotatable bonds is 3. The summed E-state index contributed by atoms with van der Waals surface area (Å²) in [5.41, 5.74) is -0.451. The van der Waals surface area contributed by atoms with Crippen LogP contribution < -0.4 is 0 Å². The lowest BCUT2D eigenvalue weighted by atomic mass is 10.1. The van der Waals surface area contributed by atoms with Crippen molar-refractivity contribution in [2.75, 3.05) is 7.11 Å². The Morgan fingerprint density at radius 3 is 2.82 bits per heavy atom. The van der Waals surface area contributed by atoms with Gasteiger partial charge in [-0.1, -0.05) is 0 Å². The Balaban J connectivity index is 3.23. The molecule has 0 saturated carbocycles. The first-order valence-electron chi connectivity index (χ1n) is 4.44. The lowest BCUT2D eigenvalue weighted by Gasteiger charge is -2.07. The summed E-state index contributed by atoms with van der Waals surface area (Å²) < 4.78 is 29.6. The Morgan fingerprint density at radius 1 is 1.71 bits per heavy atom. The van der Waals surface area contributed by atoms with Crippen molar-refractivity contribution in [1.82, 2.24) is 4.98 Å². The SMILES string of the molecule is COC(=O)Cc1nc(C(F)F)c(Br)cc1C#N. The van der Waals surface area contributed by atoms with Gasteiger partial charge >= 0.3 is 5.97 Å². The molecule has 1 rings (SSSR count). The van der Waals surface area contributed by atoms with E-state index in [1.54, 1.807) is 6.07 Å². The molecule has 0 unspecified atom stereocenters. The number of aromatic nitrogens is 1. The van der Waals surface area contributed by atoms with Crippen LogP contribution in [0.15, 0.2) is 10.5 Å². The van der Waals surface area contributed by atoms with Crippen LogP contribution in [0.2, 0.25) is 0 Å². The molecule has 0 aliphatic heterocycles. The van der Waals surface area contributed by atoms with Crippen LogP contribution >= 0.6 is 15.9 Å². The standard InChI is InChI=1S/C10H7BrF2N2O2/c1-17-8(16)3-7-5(4-14)2-6(11)9(15-7)10(12)13/h2,10H,3H2,1H3. The minimum absolute atomic E-state index is 0.0159. The van der Waals surface area contributed by atoms with E-state index in [-0.39, 0.29) is 22.2 Å². The number of halogens is 3. The first-order chi connectivity index (χ1) is 7.99. The van der Waals surface area contributed by atoms with Crippen LogP contribution in [0.4, 0.5) is 8.78 Å². The summed E-state index contributed by atoms with van der Waals surface area (Å²) in [6.07, 6.45) is -3.10. The van der Waals surface area contributed by atoms with Crippen molar-refractivity contribution in [3.8, 4) is 6.07 Å². The summed E-state index contributed by atoms with van der Waals surface area (Å²) >= 11 is 2.90. The normalized spacial score (nSPS) is 10.1. The van der Waals surface area contributed by atoms with Gasteiger partial charge in [-0.05, 0) is 22.0 Å². The van der Waals surface area contributed by atoms with Gasteiger partial charge in [-0.15, -0.1) is 0 Å². The predicted octanol–water partition coefficient (Wildman–Crippen LogP) is 2.37. The lowest BCUT2D eigenvalue weighted by molar-refractivity contribution is -0.139. The number of esters is 1. The van der Waals surface area contributed by atoms with Gasteiger partial charge in [-0.25, -0.2) is 13.8 Å². The van der Waals surface area contributed by atoms with Crippen molar-refractivity contribution >= 4 is 21.9 Å². The zero-order valence-corrected chi connectivity index (χ0v) is 10.3. The van der Waals surface area contributed by atoms with Crippen LogP contribution in [0, 0.1) is 11.3 Å². The highest BCUT2D eigenvalue weighted by atomic mass is 79.9. The van der Waals surface area contributed by atoms with E-state index in [4.69, 9.17) is 5.26 Å². The molecule has 1 aromatic rings. The lowest BCUT2D eigenvalue weighted by Crippen LogP contribution is -2.10. The van der Waals surface area contributed by atoms with Crippen LogP contribution in [0.5, 0.6) is 0 Å². The maximum Gasteiger partial charge on any atom is 0.311 e. The van der Waals surface area contributed by atoms with Crippen molar-refractivity contribution in [3.63, 3.8) is 0 Å². The van der Waals surface area contributed by atoms with Crippen LogP contribution in [0.25, 0.3) is 0 Å². The third-order valence-electron chi connectivity index (χ3n) is 1.95. The van der Waals surface area contributed by atoms with Gasteiger partial charge < -0.3 is 4.74 Å². The molecule has 0 saturated heterocycles. The Bertz CT molecular complexity index is 486. The third-order valence-corrected chi connectivity index (χ3v) is 2.58. The van der Waals surface area contributed by atoms with Crippen molar-refractivity contribution in [2.45, 2.75) is 12.8 Å². The second-order valence-electron chi connectivity index (χ2n) is 3.02. The summed E-state index contributed by atoms with van der Waals surface area (Å²) in [5.74, 6) is -0.642. The van der Waals surface area contributed by atoms with Gasteiger partial charge in [0.25, 0.3) is 6.43 Å². The molecule has 17 heavy (non-hydrogen) atoms. The number of nitrogens with zero attached hydrogens (tertiary/aromatic N) is 2. The van der Waals surface area contributed by atoms with E-state index in [0.29, 0.717) is 0 Å². The quantitative estimate of drug-likeness (QED) is 0.804. The topological polar surface area (TPSA) is 63.0 Å². The number of ether oxygens (including phenoxy) is 1. The molecule has 0 amide bonds. The number of carbonyl (C=O) groups is 1. The molecule has 0 aliphatic carbocycles. The van der Waals surface area contributed by atoms with Gasteiger partial charge in [0.2, 0.25) is 0 Å². The highest BCUT2D eigenvalue weighted by Crippen LogP contribution is 2.27. The van der Waals surface area contributed by atoms with E-state index in [1.165, 1.54) is 13.2 Å². The smallest absolute Gasteiger partial charge is 0.311 e. The maximum atomic E-state index is 12.6. The monoisotopic (exact) mass is 304 g/mol. The molecule has 0 aromatic carbocycles. The van der Waals surface area contributed by atoms with Crippen molar-refractivity contribution in [1.29, 1.82) is 5.26 Å². The first-order valence-corrected chi connectivity index (χ1v) is 5.23. The third kappa shape index (κ3) is 3.20. The molecular formula is C10H7BrF2N2O2. The molecule has 1 heterocycles. The highest BCUT2D eigenvalue weighted by molar-refractivity contribution is 9.10. The number of alkyl halides is 2. The minimum atomic E-state index is -2.78. The molecule has 0 radical (unpaired) electrons. The van der Waals surface area contributed by atoms with Crippen molar-refractivity contribution in [2.24, 2.45) is 0 Å². The zero-order chi connectivity index (χ0) is 13.0. The van der Waals surface area contributed by atoms with Crippen molar-refractivity contribution < 1.29 is 18.3 Å². The second-order valence-corrected chi connectivity index (χ2v) is 3.87. The van der Waals surface area contributed by atoms with Gasteiger partial charge in [0.15, 0.2) is 0 Å². The number of methoxy groups -OCH3 is 1. The second kappa shape index (κ2) is 5.68. The van der Waals surface area contributed by atoms with E-state index < -0.39 is 18.1 Å². The van der Waals surface area contributed by atoms with E-state index in [1.807, 2.05) is 0 Å². The molecule has 0 N–H and O–H groups in total. The van der Waals surface area contributed by atoms with Gasteiger partial charge in [-0.3, -0.25) is 4.79 Å². The Morgan fingerprint density at radius 2 is 2.35 bits per heavy atom. The fraction of sp³-hybridized carbons (Fsp3) is 0.300. The first kappa shape index (κ1) is 13.5. The molecule has 0 spiro atoms. The largest absolute Gasteiger partial charge is 0.469 e. The van der Waals surface area contributed by atoms with Crippen LogP contribution in [0.3, 0.4) is 0 Å². The molecule has 90 valence electrons. The fourth-order valence-electron chi connectivity index (χ4n) is 1.14. The van der Waals surface area contributed by atoms with E-state index in [2.05, 4.69) is 25.7 Å². The fourth-order valence-corrected chi connectivity index (χ4v) is 1.63. The van der Waals surface area contributed by atoms with Crippen LogP contribution in [0.1, 0.15) is 23.4 Å². The van der Waals surface area contributed by atoms with Crippen LogP contribution in [-0.4, -0.2) is 18.1 Å². The molecule has 4 nitrogen and oxygen atoms in total. The minimum Gasteiger partial charge on any atom is -0.469 e. The Labute approximate surface area is 104 Å². The van der Waals surface area contributed by atoms with Crippen LogP contribution in [-0.2, 0) is 16.0 Å². The number of hydrogen-bond acceptors (Lipinski definition) is 4. The molecule has 0 bridgehead atoms. The Kier molecular flexibility index (Phi) is 4.52. The molecule has 7 heteroatoms. The summed E-state index contributed by atoms with van der Waals surface area (Å²) in [6.45, 7) is 0.